The molecule has 3 atom stereocenters. The number of methoxy groups -OCH3 is 1. The summed E-state index contributed by atoms with van der Waals surface area (Å²) in [7, 11) is 1.78. The first-order valence-corrected chi connectivity index (χ1v) is 5.84. The molecule has 0 N–H and O–H groups in total. The molecule has 0 aromatic heterocycles. The molecule has 3 heteroatoms. The topological polar surface area (TPSA) is 12.5 Å². The average molecular weight is 221 g/mol. The first-order chi connectivity index (χ1) is 7.79. The fourth-order valence-electron chi connectivity index (χ4n) is 3.25. The van der Waals surface area contributed by atoms with Gasteiger partial charge in [0.2, 0.25) is 0 Å². The van der Waals surface area contributed by atoms with Gasteiger partial charge in [0.1, 0.15) is 5.82 Å². The van der Waals surface area contributed by atoms with Crippen LogP contribution in [0.5, 0.6) is 0 Å². The average Bonchev–Trinajstić information content (AvgIpc) is 2.85. The molecule has 1 aromatic carbocycles. The summed E-state index contributed by atoms with van der Waals surface area (Å²) in [6.45, 7) is 1.01. The lowest BCUT2D eigenvalue weighted by molar-refractivity contribution is 0.0854. The Morgan fingerprint density at radius 1 is 1.38 bits per heavy atom. The Bertz CT molecular complexity index is 395. The van der Waals surface area contributed by atoms with Gasteiger partial charge in [-0.2, -0.15) is 0 Å². The molecule has 1 aliphatic carbocycles. The van der Waals surface area contributed by atoms with Crippen molar-refractivity contribution in [2.75, 3.05) is 18.6 Å². The van der Waals surface area contributed by atoms with Crippen LogP contribution in [-0.2, 0) is 4.74 Å². The van der Waals surface area contributed by atoms with Crippen molar-refractivity contribution in [2.24, 2.45) is 5.92 Å². The third kappa shape index (κ3) is 1.42. The maximum atomic E-state index is 13.2. The minimum atomic E-state index is -0.158. The van der Waals surface area contributed by atoms with Crippen molar-refractivity contribution in [1.29, 1.82) is 0 Å². The smallest absolute Gasteiger partial charge is 0.125 e. The first kappa shape index (κ1) is 10.1. The van der Waals surface area contributed by atoms with Crippen molar-refractivity contribution in [1.82, 2.24) is 0 Å². The maximum Gasteiger partial charge on any atom is 0.125 e. The number of hydrogen-bond donors (Lipinski definition) is 0. The van der Waals surface area contributed by atoms with Gasteiger partial charge in [-0.25, -0.2) is 4.39 Å². The molecule has 0 spiro atoms. The van der Waals surface area contributed by atoms with Crippen LogP contribution in [0.4, 0.5) is 10.1 Å². The molecule has 1 saturated heterocycles. The molecule has 1 aromatic rings. The summed E-state index contributed by atoms with van der Waals surface area (Å²) in [5, 5.41) is 0. The van der Waals surface area contributed by atoms with Crippen LogP contribution in [0.3, 0.4) is 0 Å². The summed E-state index contributed by atoms with van der Waals surface area (Å²) < 4.78 is 18.7. The SMILES string of the molecule is COC1C2CCC1N(c1cccc(F)c1)C2. The molecular weight excluding hydrogens is 205 g/mol. The van der Waals surface area contributed by atoms with Crippen LogP contribution in [0.1, 0.15) is 12.8 Å². The van der Waals surface area contributed by atoms with Crippen LogP contribution < -0.4 is 4.90 Å². The summed E-state index contributed by atoms with van der Waals surface area (Å²) in [5.41, 5.74) is 0.995. The van der Waals surface area contributed by atoms with Gasteiger partial charge >= 0.3 is 0 Å². The van der Waals surface area contributed by atoms with E-state index in [0.717, 1.165) is 12.2 Å². The van der Waals surface area contributed by atoms with E-state index in [1.165, 1.54) is 18.9 Å². The second kappa shape index (κ2) is 3.74. The number of halogens is 1. The quantitative estimate of drug-likeness (QED) is 0.760. The van der Waals surface area contributed by atoms with Gasteiger partial charge in [0, 0.05) is 25.3 Å². The van der Waals surface area contributed by atoms with E-state index >= 15 is 0 Å². The summed E-state index contributed by atoms with van der Waals surface area (Å²) in [5.74, 6) is 0.465. The van der Waals surface area contributed by atoms with Gasteiger partial charge in [0.05, 0.1) is 12.1 Å². The van der Waals surface area contributed by atoms with E-state index in [-0.39, 0.29) is 5.82 Å². The molecule has 1 aliphatic heterocycles. The van der Waals surface area contributed by atoms with Gasteiger partial charge in [0.25, 0.3) is 0 Å². The largest absolute Gasteiger partial charge is 0.379 e. The summed E-state index contributed by atoms with van der Waals surface area (Å²) >= 11 is 0. The fraction of sp³-hybridized carbons (Fsp3) is 0.538. The highest BCUT2D eigenvalue weighted by Gasteiger charge is 2.47. The van der Waals surface area contributed by atoms with Crippen LogP contribution in [0, 0.1) is 11.7 Å². The molecule has 2 fully saturated rings. The Balaban J connectivity index is 1.88. The van der Waals surface area contributed by atoms with Crippen molar-refractivity contribution < 1.29 is 9.13 Å². The van der Waals surface area contributed by atoms with Gasteiger partial charge < -0.3 is 9.64 Å². The lowest BCUT2D eigenvalue weighted by Crippen LogP contribution is -2.34. The van der Waals surface area contributed by atoms with Crippen molar-refractivity contribution in [3.8, 4) is 0 Å². The molecule has 3 rings (SSSR count). The lowest BCUT2D eigenvalue weighted by atomic mass is 10.1. The number of benzene rings is 1. The molecule has 86 valence electrons. The molecule has 0 radical (unpaired) electrons. The van der Waals surface area contributed by atoms with E-state index in [0.29, 0.717) is 18.1 Å². The molecule has 2 nitrogen and oxygen atoms in total. The number of nitrogens with zero attached hydrogens (tertiary/aromatic N) is 1. The van der Waals surface area contributed by atoms with Crippen molar-refractivity contribution in [2.45, 2.75) is 25.0 Å². The molecular formula is C13H16FNO. The minimum Gasteiger partial charge on any atom is -0.379 e. The van der Waals surface area contributed by atoms with Crippen molar-refractivity contribution in [3.05, 3.63) is 30.1 Å². The zero-order chi connectivity index (χ0) is 11.1. The number of piperidine rings is 1. The predicted molar refractivity (Wildman–Crippen MR) is 61.1 cm³/mol. The van der Waals surface area contributed by atoms with Crippen molar-refractivity contribution >= 4 is 5.69 Å². The van der Waals surface area contributed by atoms with E-state index in [9.17, 15) is 4.39 Å². The van der Waals surface area contributed by atoms with Crippen LogP contribution in [0.15, 0.2) is 24.3 Å². The van der Waals surface area contributed by atoms with Gasteiger partial charge in [-0.3, -0.25) is 0 Å². The first-order valence-electron chi connectivity index (χ1n) is 5.84. The number of anilines is 1. The molecule has 2 aliphatic rings. The van der Waals surface area contributed by atoms with E-state index in [4.69, 9.17) is 4.74 Å². The van der Waals surface area contributed by atoms with Crippen LogP contribution in [0.25, 0.3) is 0 Å². The van der Waals surface area contributed by atoms with Crippen molar-refractivity contribution in [3.63, 3.8) is 0 Å². The van der Waals surface area contributed by atoms with Gasteiger partial charge in [-0.05, 0) is 31.0 Å². The zero-order valence-corrected chi connectivity index (χ0v) is 9.40. The number of rotatable bonds is 2. The Morgan fingerprint density at radius 2 is 2.25 bits per heavy atom. The fourth-order valence-corrected chi connectivity index (χ4v) is 3.25. The Labute approximate surface area is 95.0 Å². The molecule has 2 bridgehead atoms. The molecule has 1 saturated carbocycles. The maximum absolute atomic E-state index is 13.2. The normalized spacial score (nSPS) is 32.4. The highest BCUT2D eigenvalue weighted by atomic mass is 19.1. The minimum absolute atomic E-state index is 0.158. The Morgan fingerprint density at radius 3 is 2.94 bits per heavy atom. The summed E-state index contributed by atoms with van der Waals surface area (Å²) in [6, 6.07) is 7.31. The van der Waals surface area contributed by atoms with Crippen LogP contribution >= 0.6 is 0 Å². The highest BCUT2D eigenvalue weighted by Crippen LogP contribution is 2.41. The highest BCUT2D eigenvalue weighted by molar-refractivity contribution is 5.50. The number of hydrogen-bond acceptors (Lipinski definition) is 2. The third-order valence-electron chi connectivity index (χ3n) is 3.92. The summed E-state index contributed by atoms with van der Waals surface area (Å²) in [4.78, 5) is 2.30. The predicted octanol–water partition coefficient (Wildman–Crippen LogP) is 2.44. The molecule has 16 heavy (non-hydrogen) atoms. The van der Waals surface area contributed by atoms with E-state index in [1.807, 2.05) is 6.07 Å². The Kier molecular flexibility index (Phi) is 2.36. The van der Waals surface area contributed by atoms with Crippen LogP contribution in [0.2, 0.25) is 0 Å². The molecule has 0 amide bonds. The summed E-state index contributed by atoms with van der Waals surface area (Å²) in [6.07, 6.45) is 2.75. The van der Waals surface area contributed by atoms with E-state index < -0.39 is 0 Å². The molecule has 1 heterocycles. The number of ether oxygens (including phenoxy) is 1. The van der Waals surface area contributed by atoms with Gasteiger partial charge in [-0.1, -0.05) is 6.07 Å². The lowest BCUT2D eigenvalue weighted by Gasteiger charge is -2.29. The monoisotopic (exact) mass is 221 g/mol. The van der Waals surface area contributed by atoms with Gasteiger partial charge in [-0.15, -0.1) is 0 Å². The second-order valence-electron chi connectivity index (χ2n) is 4.74. The Hall–Kier alpha value is -1.09. The zero-order valence-electron chi connectivity index (χ0n) is 9.40. The van der Waals surface area contributed by atoms with Crippen LogP contribution in [-0.4, -0.2) is 25.8 Å². The second-order valence-corrected chi connectivity index (χ2v) is 4.74. The van der Waals surface area contributed by atoms with E-state index in [1.54, 1.807) is 19.2 Å². The van der Waals surface area contributed by atoms with Gasteiger partial charge in [0.15, 0.2) is 0 Å². The molecule has 3 unspecified atom stereocenters. The number of fused-ring (bicyclic) bond motifs is 2. The third-order valence-corrected chi connectivity index (χ3v) is 3.92. The standard InChI is InChI=1S/C13H16FNO/c1-16-13-9-5-6-12(13)15(8-9)11-4-2-3-10(14)7-11/h2-4,7,9,12-13H,5-6,8H2,1H3. The van der Waals surface area contributed by atoms with E-state index in [2.05, 4.69) is 4.90 Å².